The highest BCUT2D eigenvalue weighted by molar-refractivity contribution is 9.11. The van der Waals surface area contributed by atoms with E-state index in [2.05, 4.69) is 36.8 Å². The van der Waals surface area contributed by atoms with Crippen LogP contribution in [0.5, 0.6) is 5.75 Å². The number of phenols is 1. The lowest BCUT2D eigenvalue weighted by Crippen LogP contribution is -2.10. The molecule has 0 radical (unpaired) electrons. The molecule has 5 N–H and O–H groups in total. The van der Waals surface area contributed by atoms with Gasteiger partial charge in [0.25, 0.3) is 0 Å². The van der Waals surface area contributed by atoms with E-state index < -0.39 is 0 Å². The summed E-state index contributed by atoms with van der Waals surface area (Å²) in [5, 5.41) is 18.9. The van der Waals surface area contributed by atoms with Crippen molar-refractivity contribution in [2.75, 3.05) is 0 Å². The van der Waals surface area contributed by atoms with Crippen molar-refractivity contribution in [1.82, 2.24) is 4.98 Å². The average molecular weight is 423 g/mol. The number of nitrogen functional groups attached to an aromatic ring is 1. The van der Waals surface area contributed by atoms with Crippen LogP contribution in [0.25, 0.3) is 22.2 Å². The van der Waals surface area contributed by atoms with Crippen molar-refractivity contribution >= 4 is 48.6 Å². The number of hydrogen-bond acceptors (Lipinski definition) is 2. The number of aromatic hydroxyl groups is 1. The van der Waals surface area contributed by atoms with Crippen molar-refractivity contribution in [2.24, 2.45) is 5.73 Å². The molecule has 0 aliphatic rings. The van der Waals surface area contributed by atoms with E-state index in [1.165, 1.54) is 0 Å². The minimum Gasteiger partial charge on any atom is -0.506 e. The van der Waals surface area contributed by atoms with Crippen LogP contribution in [0, 0.1) is 12.3 Å². The van der Waals surface area contributed by atoms with Gasteiger partial charge < -0.3 is 15.8 Å². The molecule has 112 valence electrons. The topological polar surface area (TPSA) is 85.9 Å². The van der Waals surface area contributed by atoms with Gasteiger partial charge in [-0.25, -0.2) is 0 Å². The highest BCUT2D eigenvalue weighted by atomic mass is 79.9. The van der Waals surface area contributed by atoms with Crippen LogP contribution in [0.3, 0.4) is 0 Å². The molecule has 4 nitrogen and oxygen atoms in total. The minimum atomic E-state index is 0.0390. The zero-order valence-corrected chi connectivity index (χ0v) is 14.8. The molecule has 0 unspecified atom stereocenters. The molecule has 6 heteroatoms. The standard InChI is InChI=1S/C16H13Br2N3O/c1-7-10-4-8(16(19)20)2-3-13(10)21-14(7)11-5-9(17)6-12(18)15(11)22/h2-6,21-22H,1H3,(H3,19,20). The van der Waals surface area contributed by atoms with Gasteiger partial charge in [0.2, 0.25) is 0 Å². The van der Waals surface area contributed by atoms with E-state index >= 15 is 0 Å². The van der Waals surface area contributed by atoms with E-state index in [1.807, 2.05) is 25.1 Å². The van der Waals surface area contributed by atoms with Gasteiger partial charge in [-0.15, -0.1) is 0 Å². The van der Waals surface area contributed by atoms with E-state index in [9.17, 15) is 5.11 Å². The monoisotopic (exact) mass is 421 g/mol. The first-order chi connectivity index (χ1) is 10.4. The zero-order valence-electron chi connectivity index (χ0n) is 11.7. The molecule has 0 amide bonds. The SMILES string of the molecule is Cc1c(-c2cc(Br)cc(Br)c2O)[nH]c2ccc(C(=N)N)cc12. The second kappa shape index (κ2) is 5.44. The lowest BCUT2D eigenvalue weighted by Gasteiger charge is -2.07. The first-order valence-corrected chi connectivity index (χ1v) is 8.12. The molecule has 0 atom stereocenters. The third-order valence-corrected chi connectivity index (χ3v) is 4.73. The Morgan fingerprint density at radius 2 is 1.95 bits per heavy atom. The molecule has 0 saturated carbocycles. The predicted molar refractivity (Wildman–Crippen MR) is 96.6 cm³/mol. The molecule has 22 heavy (non-hydrogen) atoms. The summed E-state index contributed by atoms with van der Waals surface area (Å²) in [6.07, 6.45) is 0. The molecule has 0 saturated heterocycles. The fourth-order valence-corrected chi connectivity index (χ4v) is 3.75. The van der Waals surface area contributed by atoms with Crippen molar-refractivity contribution in [3.8, 4) is 17.0 Å². The molecule has 0 spiro atoms. The van der Waals surface area contributed by atoms with Crippen LogP contribution in [-0.4, -0.2) is 15.9 Å². The number of aromatic amines is 1. The van der Waals surface area contributed by atoms with E-state index in [0.29, 0.717) is 15.6 Å². The number of benzene rings is 2. The Kier molecular flexibility index (Phi) is 3.74. The molecule has 2 aromatic carbocycles. The van der Waals surface area contributed by atoms with Crippen LogP contribution in [0.2, 0.25) is 0 Å². The lowest BCUT2D eigenvalue weighted by atomic mass is 10.0. The smallest absolute Gasteiger partial charge is 0.139 e. The fourth-order valence-electron chi connectivity index (χ4n) is 2.52. The van der Waals surface area contributed by atoms with E-state index in [-0.39, 0.29) is 11.6 Å². The first-order valence-electron chi connectivity index (χ1n) is 6.53. The van der Waals surface area contributed by atoms with Crippen molar-refractivity contribution in [3.05, 3.63) is 50.4 Å². The minimum absolute atomic E-state index is 0.0390. The number of aromatic nitrogens is 1. The summed E-state index contributed by atoms with van der Waals surface area (Å²) in [7, 11) is 0. The van der Waals surface area contributed by atoms with Crippen LogP contribution >= 0.6 is 31.9 Å². The fraction of sp³-hybridized carbons (Fsp3) is 0.0625. The summed E-state index contributed by atoms with van der Waals surface area (Å²) in [5.74, 6) is 0.224. The van der Waals surface area contributed by atoms with Gasteiger partial charge in [-0.05, 0) is 58.7 Å². The molecule has 0 bridgehead atoms. The highest BCUT2D eigenvalue weighted by Gasteiger charge is 2.16. The van der Waals surface area contributed by atoms with E-state index in [1.54, 1.807) is 12.1 Å². The molecule has 1 heterocycles. The van der Waals surface area contributed by atoms with Gasteiger partial charge in [0.15, 0.2) is 0 Å². The number of fused-ring (bicyclic) bond motifs is 1. The van der Waals surface area contributed by atoms with E-state index in [0.717, 1.165) is 26.6 Å². The first kappa shape index (κ1) is 15.1. The van der Waals surface area contributed by atoms with Crippen LogP contribution in [0.4, 0.5) is 0 Å². The van der Waals surface area contributed by atoms with Crippen molar-refractivity contribution in [2.45, 2.75) is 6.92 Å². The molecule has 0 aliphatic carbocycles. The lowest BCUT2D eigenvalue weighted by molar-refractivity contribution is 0.473. The maximum absolute atomic E-state index is 10.3. The number of aryl methyl sites for hydroxylation is 1. The maximum Gasteiger partial charge on any atom is 0.139 e. The summed E-state index contributed by atoms with van der Waals surface area (Å²) in [5.41, 5.74) is 9.73. The number of halogens is 2. The van der Waals surface area contributed by atoms with Crippen molar-refractivity contribution in [3.63, 3.8) is 0 Å². The average Bonchev–Trinajstić information content (AvgIpc) is 2.79. The van der Waals surface area contributed by atoms with Gasteiger partial charge in [0, 0.05) is 26.5 Å². The quantitative estimate of drug-likeness (QED) is 0.357. The molecule has 0 aliphatic heterocycles. The van der Waals surface area contributed by atoms with Crippen LogP contribution in [-0.2, 0) is 0 Å². The van der Waals surface area contributed by atoms with Gasteiger partial charge >= 0.3 is 0 Å². The molecular weight excluding hydrogens is 410 g/mol. The molecule has 3 rings (SSSR count). The maximum atomic E-state index is 10.3. The van der Waals surface area contributed by atoms with Gasteiger partial charge in [0.1, 0.15) is 11.6 Å². The Morgan fingerprint density at radius 1 is 1.23 bits per heavy atom. The van der Waals surface area contributed by atoms with Crippen molar-refractivity contribution < 1.29 is 5.11 Å². The number of nitrogens with two attached hydrogens (primary N) is 1. The largest absolute Gasteiger partial charge is 0.506 e. The summed E-state index contributed by atoms with van der Waals surface area (Å²) in [6, 6.07) is 9.25. The number of H-pyrrole nitrogens is 1. The molecular formula is C16H13Br2N3O. The summed E-state index contributed by atoms with van der Waals surface area (Å²) < 4.78 is 1.49. The molecule has 3 aromatic rings. The van der Waals surface area contributed by atoms with Crippen LogP contribution in [0.1, 0.15) is 11.1 Å². The number of amidine groups is 1. The van der Waals surface area contributed by atoms with Gasteiger partial charge in [-0.1, -0.05) is 15.9 Å². The Bertz CT molecular complexity index is 915. The zero-order chi connectivity index (χ0) is 16.0. The second-order valence-electron chi connectivity index (χ2n) is 5.08. The van der Waals surface area contributed by atoms with Gasteiger partial charge in [-0.3, -0.25) is 5.41 Å². The normalized spacial score (nSPS) is 11.0. The summed E-state index contributed by atoms with van der Waals surface area (Å²) >= 11 is 6.80. The Balaban J connectivity index is 2.29. The van der Waals surface area contributed by atoms with Crippen molar-refractivity contribution in [1.29, 1.82) is 5.41 Å². The number of nitrogens with one attached hydrogen (secondary N) is 2. The Morgan fingerprint density at radius 3 is 2.64 bits per heavy atom. The molecule has 0 fully saturated rings. The van der Waals surface area contributed by atoms with E-state index in [4.69, 9.17) is 11.1 Å². The number of phenolic OH excluding ortho intramolecular Hbond substituents is 1. The van der Waals surface area contributed by atoms with Gasteiger partial charge in [0.05, 0.1) is 10.2 Å². The summed E-state index contributed by atoms with van der Waals surface area (Å²) in [4.78, 5) is 3.33. The van der Waals surface area contributed by atoms with Gasteiger partial charge in [-0.2, -0.15) is 0 Å². The Labute approximate surface area is 144 Å². The molecule has 1 aromatic heterocycles. The number of hydrogen-bond donors (Lipinski definition) is 4. The third kappa shape index (κ3) is 2.42. The van der Waals surface area contributed by atoms with Crippen LogP contribution in [0.15, 0.2) is 39.3 Å². The predicted octanol–water partition coefficient (Wildman–Crippen LogP) is 4.66. The number of rotatable bonds is 2. The Hall–Kier alpha value is -1.79. The highest BCUT2D eigenvalue weighted by Crippen LogP contribution is 2.40. The summed E-state index contributed by atoms with van der Waals surface area (Å²) in [6.45, 7) is 1.98. The van der Waals surface area contributed by atoms with Crippen LogP contribution < -0.4 is 5.73 Å². The third-order valence-electron chi connectivity index (χ3n) is 3.67. The second-order valence-corrected chi connectivity index (χ2v) is 6.85.